The predicted molar refractivity (Wildman–Crippen MR) is 65.3 cm³/mol. The molecule has 0 radical (unpaired) electrons. The van der Waals surface area contributed by atoms with Gasteiger partial charge in [-0.1, -0.05) is 23.2 Å². The molecule has 0 unspecified atom stereocenters. The first-order valence-corrected chi connectivity index (χ1v) is 6.83. The van der Waals surface area contributed by atoms with Crippen molar-refractivity contribution in [1.29, 1.82) is 0 Å². The highest BCUT2D eigenvalue weighted by Gasteiger charge is 2.26. The van der Waals surface area contributed by atoms with Crippen LogP contribution < -0.4 is 4.72 Å². The largest absolute Gasteiger partial charge is 0.480 e. The molecular weight excluding hydrogens is 305 g/mol. The van der Waals surface area contributed by atoms with E-state index in [2.05, 4.69) is 0 Å². The number of hydrogen-bond donors (Lipinski definition) is 3. The molecule has 0 saturated carbocycles. The van der Waals surface area contributed by atoms with Crippen LogP contribution in [0.25, 0.3) is 0 Å². The molecule has 0 aliphatic carbocycles. The van der Waals surface area contributed by atoms with Crippen LogP contribution in [-0.2, 0) is 14.8 Å². The molecule has 9 heteroatoms. The van der Waals surface area contributed by atoms with E-state index in [0.29, 0.717) is 0 Å². The topological polar surface area (TPSA) is 104 Å². The molecule has 3 N–H and O–H groups in total. The predicted octanol–water partition coefficient (Wildman–Crippen LogP) is 0.717. The van der Waals surface area contributed by atoms with Gasteiger partial charge in [0.05, 0.1) is 11.6 Å². The molecule has 1 aromatic rings. The molecule has 0 aliphatic heterocycles. The highest BCUT2D eigenvalue weighted by atomic mass is 35.5. The minimum atomic E-state index is -4.18. The summed E-state index contributed by atoms with van der Waals surface area (Å²) in [5.41, 5.74) is 0. The number of carbonyl (C=O) groups is 1. The van der Waals surface area contributed by atoms with Gasteiger partial charge in [-0.2, -0.15) is 4.72 Å². The molecule has 100 valence electrons. The Labute approximate surface area is 113 Å². The zero-order chi connectivity index (χ0) is 13.9. The van der Waals surface area contributed by atoms with Crippen molar-refractivity contribution in [3.63, 3.8) is 0 Å². The second-order valence-corrected chi connectivity index (χ2v) is 5.80. The Balaban J connectivity index is 3.14. The van der Waals surface area contributed by atoms with Gasteiger partial charge >= 0.3 is 5.97 Å². The quantitative estimate of drug-likeness (QED) is 0.743. The molecule has 6 nitrogen and oxygen atoms in total. The Kier molecular flexibility index (Phi) is 4.94. The number of rotatable bonds is 5. The van der Waals surface area contributed by atoms with E-state index in [4.69, 9.17) is 33.4 Å². The van der Waals surface area contributed by atoms with Crippen molar-refractivity contribution < 1.29 is 23.4 Å². The van der Waals surface area contributed by atoms with Gasteiger partial charge in [0.25, 0.3) is 0 Å². The highest BCUT2D eigenvalue weighted by molar-refractivity contribution is 7.89. The Bertz CT molecular complexity index is 560. The number of aliphatic hydroxyl groups is 1. The average Bonchev–Trinajstić information content (AvgIpc) is 2.28. The summed E-state index contributed by atoms with van der Waals surface area (Å²) in [6, 6.07) is 2.10. The van der Waals surface area contributed by atoms with Crippen molar-refractivity contribution in [2.75, 3.05) is 6.61 Å². The molecule has 0 aromatic heterocycles. The zero-order valence-corrected chi connectivity index (χ0v) is 11.1. The number of nitrogens with one attached hydrogen (secondary N) is 1. The van der Waals surface area contributed by atoms with Crippen molar-refractivity contribution >= 4 is 39.2 Å². The van der Waals surface area contributed by atoms with E-state index in [9.17, 15) is 13.2 Å². The fourth-order valence-corrected chi connectivity index (χ4v) is 3.04. The molecule has 0 spiro atoms. The first-order chi connectivity index (χ1) is 8.27. The van der Waals surface area contributed by atoms with E-state index in [1.165, 1.54) is 12.1 Å². The first kappa shape index (κ1) is 15.2. The fourth-order valence-electron chi connectivity index (χ4n) is 1.10. The standard InChI is InChI=1S/C9H9Cl2NO5S/c10-5-1-2-6(11)8(3-5)18(16,17)12-7(4-13)9(14)15/h1-3,7,12-13H,4H2,(H,14,15)/t7-/m0/s1. The number of sulfonamides is 1. The van der Waals surface area contributed by atoms with Crippen LogP contribution in [0, 0.1) is 0 Å². The van der Waals surface area contributed by atoms with Gasteiger partial charge < -0.3 is 10.2 Å². The van der Waals surface area contributed by atoms with Gasteiger partial charge in [-0.05, 0) is 18.2 Å². The van der Waals surface area contributed by atoms with Gasteiger partial charge in [0, 0.05) is 5.02 Å². The lowest BCUT2D eigenvalue weighted by atomic mass is 10.3. The second-order valence-electron chi connectivity index (χ2n) is 3.27. The van der Waals surface area contributed by atoms with Crippen LogP contribution in [0.2, 0.25) is 10.0 Å². The molecule has 0 amide bonds. The Morgan fingerprint density at radius 1 is 1.39 bits per heavy atom. The van der Waals surface area contributed by atoms with Gasteiger partial charge in [-0.25, -0.2) is 8.42 Å². The maximum absolute atomic E-state index is 11.9. The van der Waals surface area contributed by atoms with E-state index < -0.39 is 28.6 Å². The second kappa shape index (κ2) is 5.85. The number of halogens is 2. The number of carboxylic acid groups (broad SMARTS) is 1. The Hall–Kier alpha value is -0.860. The third-order valence-electron chi connectivity index (χ3n) is 1.96. The smallest absolute Gasteiger partial charge is 0.324 e. The molecule has 0 aliphatic rings. The van der Waals surface area contributed by atoms with Gasteiger partial charge in [0.15, 0.2) is 0 Å². The van der Waals surface area contributed by atoms with Crippen LogP contribution in [-0.4, -0.2) is 37.2 Å². The summed E-state index contributed by atoms with van der Waals surface area (Å²) in [4.78, 5) is 10.3. The number of carboxylic acids is 1. The molecule has 0 saturated heterocycles. The lowest BCUT2D eigenvalue weighted by molar-refractivity contribution is -0.139. The summed E-state index contributed by atoms with van der Waals surface area (Å²) in [5.74, 6) is -1.50. The van der Waals surface area contributed by atoms with Gasteiger partial charge in [0.2, 0.25) is 10.0 Å². The third-order valence-corrected chi connectivity index (χ3v) is 4.15. The van der Waals surface area contributed by atoms with Crippen LogP contribution in [0.4, 0.5) is 0 Å². The number of aliphatic carboxylic acids is 1. The lowest BCUT2D eigenvalue weighted by Crippen LogP contribution is -2.43. The van der Waals surface area contributed by atoms with E-state index in [-0.39, 0.29) is 14.9 Å². The van der Waals surface area contributed by atoms with Gasteiger partial charge in [0.1, 0.15) is 10.9 Å². The lowest BCUT2D eigenvalue weighted by Gasteiger charge is -2.13. The van der Waals surface area contributed by atoms with Crippen molar-refractivity contribution in [1.82, 2.24) is 4.72 Å². The normalized spacial score (nSPS) is 13.3. The Morgan fingerprint density at radius 2 is 2.00 bits per heavy atom. The summed E-state index contributed by atoms with van der Waals surface area (Å²) in [6.45, 7) is -0.882. The van der Waals surface area contributed by atoms with Gasteiger partial charge in [-0.15, -0.1) is 0 Å². The van der Waals surface area contributed by atoms with Crippen LogP contribution in [0.15, 0.2) is 23.1 Å². The Morgan fingerprint density at radius 3 is 2.50 bits per heavy atom. The van der Waals surface area contributed by atoms with Crippen LogP contribution in [0.3, 0.4) is 0 Å². The van der Waals surface area contributed by atoms with Crippen molar-refractivity contribution in [2.45, 2.75) is 10.9 Å². The summed E-state index contributed by atoms with van der Waals surface area (Å²) in [5, 5.41) is 17.5. The summed E-state index contributed by atoms with van der Waals surface area (Å²) in [7, 11) is -4.18. The first-order valence-electron chi connectivity index (χ1n) is 4.59. The highest BCUT2D eigenvalue weighted by Crippen LogP contribution is 2.24. The molecule has 1 aromatic carbocycles. The maximum Gasteiger partial charge on any atom is 0.324 e. The van der Waals surface area contributed by atoms with E-state index >= 15 is 0 Å². The average molecular weight is 314 g/mol. The fraction of sp³-hybridized carbons (Fsp3) is 0.222. The van der Waals surface area contributed by atoms with Crippen molar-refractivity contribution in [3.05, 3.63) is 28.2 Å². The van der Waals surface area contributed by atoms with Crippen LogP contribution >= 0.6 is 23.2 Å². The van der Waals surface area contributed by atoms with Crippen LogP contribution in [0.5, 0.6) is 0 Å². The third kappa shape index (κ3) is 3.56. The monoisotopic (exact) mass is 313 g/mol. The van der Waals surface area contributed by atoms with Crippen LogP contribution in [0.1, 0.15) is 0 Å². The van der Waals surface area contributed by atoms with Gasteiger partial charge in [-0.3, -0.25) is 4.79 Å². The summed E-state index contributed by atoms with van der Waals surface area (Å²) >= 11 is 11.3. The van der Waals surface area contributed by atoms with E-state index in [1.807, 2.05) is 0 Å². The molecule has 0 heterocycles. The molecule has 0 bridgehead atoms. The minimum Gasteiger partial charge on any atom is -0.480 e. The van der Waals surface area contributed by atoms with Crippen molar-refractivity contribution in [3.8, 4) is 0 Å². The van der Waals surface area contributed by atoms with E-state index in [1.54, 1.807) is 4.72 Å². The van der Waals surface area contributed by atoms with E-state index in [0.717, 1.165) is 6.07 Å². The van der Waals surface area contributed by atoms with Crippen molar-refractivity contribution in [2.24, 2.45) is 0 Å². The molecule has 1 atom stereocenters. The zero-order valence-electron chi connectivity index (χ0n) is 8.80. The number of hydrogen-bond acceptors (Lipinski definition) is 4. The summed E-state index contributed by atoms with van der Waals surface area (Å²) in [6.07, 6.45) is 0. The molecule has 1 rings (SSSR count). The molecule has 0 fully saturated rings. The number of aliphatic hydroxyl groups excluding tert-OH is 1. The minimum absolute atomic E-state index is 0.103. The number of benzene rings is 1. The SMILES string of the molecule is O=C(O)[C@H](CO)NS(=O)(=O)c1cc(Cl)ccc1Cl. The maximum atomic E-state index is 11.9. The molecular formula is C9H9Cl2NO5S. The molecule has 18 heavy (non-hydrogen) atoms. The summed E-state index contributed by atoms with van der Waals surface area (Å²) < 4.78 is 25.5.